The quantitative estimate of drug-likeness (QED) is 0.858. The van der Waals surface area contributed by atoms with Crippen LogP contribution in [0, 0.1) is 0 Å². The number of hydrogen-bond acceptors (Lipinski definition) is 3. The average Bonchev–Trinajstić information content (AvgIpc) is 2.64. The first-order valence-corrected chi connectivity index (χ1v) is 9.40. The van der Waals surface area contributed by atoms with Crippen LogP contribution in [0.25, 0.3) is 0 Å². The molecule has 2 atom stereocenters. The van der Waals surface area contributed by atoms with Crippen LogP contribution in [-0.2, 0) is 10.2 Å². The highest BCUT2D eigenvalue weighted by Crippen LogP contribution is 2.26. The van der Waals surface area contributed by atoms with Gasteiger partial charge < -0.3 is 5.32 Å². The van der Waals surface area contributed by atoms with Gasteiger partial charge in [-0.05, 0) is 39.7 Å². The van der Waals surface area contributed by atoms with Gasteiger partial charge in [0.2, 0.25) is 0 Å². The first kappa shape index (κ1) is 16.2. The lowest BCUT2D eigenvalue weighted by molar-refractivity contribution is 0.218. The van der Waals surface area contributed by atoms with E-state index in [0.717, 1.165) is 51.5 Å². The fraction of sp³-hybridized carbons (Fsp3) is 1.00. The average molecular weight is 303 g/mol. The summed E-state index contributed by atoms with van der Waals surface area (Å²) in [5.74, 6) is 0. The molecule has 2 aliphatic rings. The van der Waals surface area contributed by atoms with Crippen molar-refractivity contribution in [2.45, 2.75) is 64.0 Å². The molecule has 2 fully saturated rings. The Morgan fingerprint density at radius 1 is 1.00 bits per heavy atom. The Kier molecular flexibility index (Phi) is 5.84. The van der Waals surface area contributed by atoms with E-state index in [0.29, 0.717) is 13.1 Å². The Morgan fingerprint density at radius 3 is 2.40 bits per heavy atom. The van der Waals surface area contributed by atoms with Crippen molar-refractivity contribution in [3.05, 3.63) is 0 Å². The molecule has 0 aliphatic carbocycles. The molecule has 2 saturated heterocycles. The topological polar surface area (TPSA) is 52.7 Å². The smallest absolute Gasteiger partial charge is 0.282 e. The highest BCUT2D eigenvalue weighted by molar-refractivity contribution is 7.86. The van der Waals surface area contributed by atoms with E-state index in [1.807, 2.05) is 7.05 Å². The number of nitrogens with zero attached hydrogens (tertiary/aromatic N) is 2. The van der Waals surface area contributed by atoms with Crippen LogP contribution in [0.3, 0.4) is 0 Å². The van der Waals surface area contributed by atoms with E-state index < -0.39 is 10.2 Å². The van der Waals surface area contributed by atoms with Gasteiger partial charge in [-0.3, -0.25) is 0 Å². The van der Waals surface area contributed by atoms with Crippen molar-refractivity contribution in [2.24, 2.45) is 0 Å². The van der Waals surface area contributed by atoms with Crippen molar-refractivity contribution in [1.82, 2.24) is 13.9 Å². The van der Waals surface area contributed by atoms with E-state index in [4.69, 9.17) is 0 Å². The second-order valence-electron chi connectivity index (χ2n) is 6.13. The van der Waals surface area contributed by atoms with Gasteiger partial charge in [-0.2, -0.15) is 17.0 Å². The molecule has 6 heteroatoms. The lowest BCUT2D eigenvalue weighted by Crippen LogP contribution is -2.55. The molecule has 0 bridgehead atoms. The van der Waals surface area contributed by atoms with Crippen molar-refractivity contribution in [2.75, 3.05) is 26.7 Å². The Morgan fingerprint density at radius 2 is 1.65 bits per heavy atom. The van der Waals surface area contributed by atoms with E-state index >= 15 is 0 Å². The number of rotatable bonds is 4. The zero-order valence-corrected chi connectivity index (χ0v) is 13.7. The number of nitrogens with one attached hydrogen (secondary N) is 1. The summed E-state index contributed by atoms with van der Waals surface area (Å²) in [6.07, 6.45) is 7.37. The minimum absolute atomic E-state index is 0.120. The molecule has 2 rings (SSSR count). The molecule has 0 aromatic carbocycles. The summed E-state index contributed by atoms with van der Waals surface area (Å²) in [5.41, 5.74) is 0. The molecule has 0 aromatic rings. The summed E-state index contributed by atoms with van der Waals surface area (Å²) in [6, 6.07) is 0.258. The molecule has 0 amide bonds. The van der Waals surface area contributed by atoms with Crippen molar-refractivity contribution in [1.29, 1.82) is 0 Å². The Balaban J connectivity index is 2.17. The summed E-state index contributed by atoms with van der Waals surface area (Å²) in [4.78, 5) is 0. The monoisotopic (exact) mass is 303 g/mol. The molecule has 118 valence electrons. The number of hydrogen-bond donors (Lipinski definition) is 1. The minimum atomic E-state index is -3.30. The summed E-state index contributed by atoms with van der Waals surface area (Å²) in [5, 5.41) is 3.14. The Hall–Kier alpha value is -0.170. The van der Waals surface area contributed by atoms with Crippen LogP contribution in [0.1, 0.15) is 51.9 Å². The summed E-state index contributed by atoms with van der Waals surface area (Å²) < 4.78 is 29.5. The molecule has 0 aromatic heterocycles. The fourth-order valence-electron chi connectivity index (χ4n) is 3.44. The maximum atomic E-state index is 13.0. The van der Waals surface area contributed by atoms with Crippen molar-refractivity contribution >= 4 is 10.2 Å². The van der Waals surface area contributed by atoms with Crippen LogP contribution in [0.5, 0.6) is 0 Å². The SMILES string of the molecule is CNCC1CCCCN1S(=O)(=O)N1CCCCCC1C. The van der Waals surface area contributed by atoms with Gasteiger partial charge >= 0.3 is 0 Å². The van der Waals surface area contributed by atoms with E-state index in [9.17, 15) is 8.42 Å². The first-order valence-electron chi connectivity index (χ1n) is 8.00. The summed E-state index contributed by atoms with van der Waals surface area (Å²) in [7, 11) is -1.41. The van der Waals surface area contributed by atoms with Crippen molar-refractivity contribution < 1.29 is 8.42 Å². The molecule has 5 nitrogen and oxygen atoms in total. The van der Waals surface area contributed by atoms with Crippen molar-refractivity contribution in [3.63, 3.8) is 0 Å². The van der Waals surface area contributed by atoms with Crippen LogP contribution in [0.15, 0.2) is 0 Å². The molecule has 1 N–H and O–H groups in total. The third kappa shape index (κ3) is 3.53. The normalized spacial score (nSPS) is 31.1. The van der Waals surface area contributed by atoms with Gasteiger partial charge in [0.25, 0.3) is 10.2 Å². The Labute approximate surface area is 123 Å². The van der Waals surface area contributed by atoms with Gasteiger partial charge in [0.15, 0.2) is 0 Å². The molecule has 0 radical (unpaired) electrons. The van der Waals surface area contributed by atoms with Crippen molar-refractivity contribution in [3.8, 4) is 0 Å². The standard InChI is InChI=1S/C14H29N3O2S/c1-13-8-4-3-6-10-16(13)20(18,19)17-11-7-5-9-14(17)12-15-2/h13-15H,3-12H2,1-2H3. The van der Waals surface area contributed by atoms with Crippen LogP contribution in [0.4, 0.5) is 0 Å². The summed E-state index contributed by atoms with van der Waals surface area (Å²) >= 11 is 0. The first-order chi connectivity index (χ1) is 9.57. The molecular weight excluding hydrogens is 274 g/mol. The lowest BCUT2D eigenvalue weighted by Gasteiger charge is -2.39. The second-order valence-corrected chi connectivity index (χ2v) is 7.97. The molecule has 2 unspecified atom stereocenters. The predicted molar refractivity (Wildman–Crippen MR) is 81.8 cm³/mol. The van der Waals surface area contributed by atoms with E-state index in [1.165, 1.54) is 0 Å². The lowest BCUT2D eigenvalue weighted by atomic mass is 10.1. The molecule has 0 spiro atoms. The molecule has 20 heavy (non-hydrogen) atoms. The van der Waals surface area contributed by atoms with E-state index in [2.05, 4.69) is 12.2 Å². The third-order valence-electron chi connectivity index (χ3n) is 4.60. The molecular formula is C14H29N3O2S. The zero-order chi connectivity index (χ0) is 14.6. The van der Waals surface area contributed by atoms with Crippen LogP contribution < -0.4 is 5.32 Å². The third-order valence-corrected chi connectivity index (χ3v) is 6.81. The van der Waals surface area contributed by atoms with E-state index in [1.54, 1.807) is 8.61 Å². The summed E-state index contributed by atoms with van der Waals surface area (Å²) in [6.45, 7) is 4.17. The molecule has 2 aliphatic heterocycles. The maximum absolute atomic E-state index is 13.0. The predicted octanol–water partition coefficient (Wildman–Crippen LogP) is 1.57. The highest BCUT2D eigenvalue weighted by Gasteiger charge is 2.38. The van der Waals surface area contributed by atoms with Crippen LogP contribution in [0.2, 0.25) is 0 Å². The molecule has 2 heterocycles. The van der Waals surface area contributed by atoms with Gasteiger partial charge in [-0.15, -0.1) is 0 Å². The van der Waals surface area contributed by atoms with Gasteiger partial charge in [-0.1, -0.05) is 19.3 Å². The van der Waals surface area contributed by atoms with Gasteiger partial charge in [-0.25, -0.2) is 0 Å². The number of likely N-dealkylation sites (N-methyl/N-ethyl adjacent to an activating group) is 1. The maximum Gasteiger partial charge on any atom is 0.282 e. The number of piperidine rings is 1. The minimum Gasteiger partial charge on any atom is -0.318 e. The second kappa shape index (κ2) is 7.20. The van der Waals surface area contributed by atoms with E-state index in [-0.39, 0.29) is 12.1 Å². The van der Waals surface area contributed by atoms with Crippen LogP contribution in [-0.4, -0.2) is 55.8 Å². The van der Waals surface area contributed by atoms with Gasteiger partial charge in [0.1, 0.15) is 0 Å². The Bertz CT molecular complexity index is 397. The van der Waals surface area contributed by atoms with Gasteiger partial charge in [0, 0.05) is 31.7 Å². The molecule has 0 saturated carbocycles. The largest absolute Gasteiger partial charge is 0.318 e. The van der Waals surface area contributed by atoms with Gasteiger partial charge in [0.05, 0.1) is 0 Å². The zero-order valence-electron chi connectivity index (χ0n) is 12.8. The highest BCUT2D eigenvalue weighted by atomic mass is 32.2. The fourth-order valence-corrected chi connectivity index (χ4v) is 5.55. The van der Waals surface area contributed by atoms with Crippen LogP contribution >= 0.6 is 0 Å².